The van der Waals surface area contributed by atoms with E-state index in [1.807, 2.05) is 0 Å². The number of nitrogen functional groups attached to an aromatic ring is 1. The van der Waals surface area contributed by atoms with Gasteiger partial charge in [0.05, 0.1) is 18.0 Å². The molecule has 0 saturated heterocycles. The summed E-state index contributed by atoms with van der Waals surface area (Å²) < 4.78 is 4.98. The van der Waals surface area contributed by atoms with Crippen molar-refractivity contribution in [1.82, 2.24) is 9.97 Å². The Hall–Kier alpha value is -2.04. The highest BCUT2D eigenvalue weighted by Gasteiger charge is 2.07. The van der Waals surface area contributed by atoms with Gasteiger partial charge in [0.2, 0.25) is 0 Å². The van der Waals surface area contributed by atoms with Crippen LogP contribution >= 0.6 is 0 Å². The van der Waals surface area contributed by atoms with E-state index >= 15 is 0 Å². The van der Waals surface area contributed by atoms with E-state index < -0.39 is 0 Å². The lowest BCUT2D eigenvalue weighted by molar-refractivity contribution is 0.409. The van der Waals surface area contributed by atoms with Gasteiger partial charge in [0.25, 0.3) is 0 Å². The second kappa shape index (κ2) is 3.02. The van der Waals surface area contributed by atoms with Crippen LogP contribution in [0.3, 0.4) is 0 Å². The van der Waals surface area contributed by atoms with Crippen LogP contribution in [0.2, 0.25) is 0 Å². The third-order valence-corrected chi connectivity index (χ3v) is 1.96. The summed E-state index contributed by atoms with van der Waals surface area (Å²) in [6.07, 6.45) is 1.34. The third kappa shape index (κ3) is 1.19. The van der Waals surface area contributed by atoms with Crippen molar-refractivity contribution in [1.29, 1.82) is 0 Å². The van der Waals surface area contributed by atoms with Crippen molar-refractivity contribution in [3.63, 3.8) is 0 Å². The number of nitrogens with zero attached hydrogens (tertiary/aromatic N) is 2. The summed E-state index contributed by atoms with van der Waals surface area (Å²) >= 11 is 0. The number of phenolic OH excluding ortho intramolecular Hbond substituents is 1. The quantitative estimate of drug-likeness (QED) is 0.700. The molecule has 0 aliphatic carbocycles. The Bertz CT molecular complexity index is 485. The SMILES string of the molecule is COc1cc(O)c2c(N)ncnc2c1. The molecule has 0 aliphatic rings. The molecule has 14 heavy (non-hydrogen) atoms. The molecule has 0 atom stereocenters. The summed E-state index contributed by atoms with van der Waals surface area (Å²) in [5.74, 6) is 0.820. The summed E-state index contributed by atoms with van der Waals surface area (Å²) in [5, 5.41) is 10.1. The van der Waals surface area contributed by atoms with Crippen LogP contribution in [0.25, 0.3) is 10.9 Å². The summed E-state index contributed by atoms with van der Waals surface area (Å²) in [6.45, 7) is 0. The van der Waals surface area contributed by atoms with Crippen molar-refractivity contribution in [3.8, 4) is 11.5 Å². The summed E-state index contributed by atoms with van der Waals surface area (Å²) in [5.41, 5.74) is 6.16. The van der Waals surface area contributed by atoms with Crippen molar-refractivity contribution in [3.05, 3.63) is 18.5 Å². The number of aromatic nitrogens is 2. The molecule has 5 nitrogen and oxygen atoms in total. The lowest BCUT2D eigenvalue weighted by Crippen LogP contribution is -1.94. The zero-order chi connectivity index (χ0) is 10.1. The number of rotatable bonds is 1. The number of anilines is 1. The highest BCUT2D eigenvalue weighted by atomic mass is 16.5. The number of methoxy groups -OCH3 is 1. The Morgan fingerprint density at radius 2 is 2.14 bits per heavy atom. The Kier molecular flexibility index (Phi) is 1.85. The molecule has 2 rings (SSSR count). The summed E-state index contributed by atoms with van der Waals surface area (Å²) in [6, 6.07) is 3.16. The maximum absolute atomic E-state index is 9.62. The third-order valence-electron chi connectivity index (χ3n) is 1.96. The Morgan fingerprint density at radius 1 is 1.36 bits per heavy atom. The first-order valence-corrected chi connectivity index (χ1v) is 3.99. The molecule has 3 N–H and O–H groups in total. The molecule has 1 heterocycles. The van der Waals surface area contributed by atoms with Gasteiger partial charge < -0.3 is 15.6 Å². The van der Waals surface area contributed by atoms with Crippen LogP contribution in [0.5, 0.6) is 11.5 Å². The minimum atomic E-state index is 0.0254. The molecular formula is C9H9N3O2. The van der Waals surface area contributed by atoms with E-state index in [0.717, 1.165) is 0 Å². The average molecular weight is 191 g/mol. The summed E-state index contributed by atoms with van der Waals surface area (Å²) in [4.78, 5) is 7.77. The van der Waals surface area contributed by atoms with Gasteiger partial charge in [-0.05, 0) is 0 Å². The Labute approximate surface area is 80.2 Å². The van der Waals surface area contributed by atoms with E-state index in [9.17, 15) is 5.11 Å². The number of hydrogen-bond donors (Lipinski definition) is 2. The fraction of sp³-hybridized carbons (Fsp3) is 0.111. The van der Waals surface area contributed by atoms with Crippen molar-refractivity contribution >= 4 is 16.7 Å². The number of hydrogen-bond acceptors (Lipinski definition) is 5. The van der Waals surface area contributed by atoms with E-state index in [-0.39, 0.29) is 11.6 Å². The predicted octanol–water partition coefficient (Wildman–Crippen LogP) is 0.926. The van der Waals surface area contributed by atoms with Gasteiger partial charge in [0.1, 0.15) is 23.6 Å². The Morgan fingerprint density at radius 3 is 2.86 bits per heavy atom. The molecule has 5 heteroatoms. The predicted molar refractivity (Wildman–Crippen MR) is 52.2 cm³/mol. The van der Waals surface area contributed by atoms with Crippen LogP contribution in [0, 0.1) is 0 Å². The lowest BCUT2D eigenvalue weighted by atomic mass is 10.2. The molecule has 1 aromatic heterocycles. The molecule has 0 aliphatic heterocycles. The van der Waals surface area contributed by atoms with Gasteiger partial charge in [-0.25, -0.2) is 9.97 Å². The fourth-order valence-electron chi connectivity index (χ4n) is 1.29. The molecular weight excluding hydrogens is 182 g/mol. The molecule has 0 amide bonds. The van der Waals surface area contributed by atoms with E-state index in [1.54, 1.807) is 6.07 Å². The van der Waals surface area contributed by atoms with Gasteiger partial charge in [-0.15, -0.1) is 0 Å². The van der Waals surface area contributed by atoms with Gasteiger partial charge in [-0.3, -0.25) is 0 Å². The number of benzene rings is 1. The number of ether oxygens (including phenoxy) is 1. The molecule has 0 spiro atoms. The Balaban J connectivity index is 2.83. The van der Waals surface area contributed by atoms with E-state index in [4.69, 9.17) is 10.5 Å². The van der Waals surface area contributed by atoms with Crippen molar-refractivity contribution in [2.24, 2.45) is 0 Å². The van der Waals surface area contributed by atoms with Gasteiger partial charge in [-0.1, -0.05) is 0 Å². The van der Waals surface area contributed by atoms with Crippen LogP contribution in [0.4, 0.5) is 5.82 Å². The second-order valence-electron chi connectivity index (χ2n) is 2.80. The molecule has 1 aromatic carbocycles. The number of aromatic hydroxyl groups is 1. The van der Waals surface area contributed by atoms with Crippen LogP contribution < -0.4 is 10.5 Å². The molecule has 2 aromatic rings. The normalized spacial score (nSPS) is 10.4. The van der Waals surface area contributed by atoms with E-state index in [0.29, 0.717) is 16.7 Å². The van der Waals surface area contributed by atoms with Gasteiger partial charge >= 0.3 is 0 Å². The molecule has 0 unspecified atom stereocenters. The van der Waals surface area contributed by atoms with Crippen LogP contribution in [-0.2, 0) is 0 Å². The van der Waals surface area contributed by atoms with Crippen molar-refractivity contribution in [2.75, 3.05) is 12.8 Å². The zero-order valence-electron chi connectivity index (χ0n) is 7.56. The van der Waals surface area contributed by atoms with E-state index in [2.05, 4.69) is 9.97 Å². The number of nitrogens with two attached hydrogens (primary N) is 1. The standard InChI is InChI=1S/C9H9N3O2/c1-14-5-2-6-8(7(13)3-5)9(10)12-4-11-6/h2-4,13H,1H3,(H2,10,11,12). The largest absolute Gasteiger partial charge is 0.507 e. The minimum Gasteiger partial charge on any atom is -0.507 e. The van der Waals surface area contributed by atoms with Gasteiger partial charge in [-0.2, -0.15) is 0 Å². The van der Waals surface area contributed by atoms with E-state index in [1.165, 1.54) is 19.5 Å². The summed E-state index contributed by atoms with van der Waals surface area (Å²) in [7, 11) is 1.52. The van der Waals surface area contributed by atoms with Gasteiger partial charge in [0.15, 0.2) is 0 Å². The maximum Gasteiger partial charge on any atom is 0.138 e. The zero-order valence-corrected chi connectivity index (χ0v) is 7.56. The first kappa shape index (κ1) is 8.55. The van der Waals surface area contributed by atoms with Crippen molar-refractivity contribution < 1.29 is 9.84 Å². The minimum absolute atomic E-state index is 0.0254. The van der Waals surface area contributed by atoms with Crippen molar-refractivity contribution in [2.45, 2.75) is 0 Å². The van der Waals surface area contributed by atoms with Gasteiger partial charge in [0, 0.05) is 12.1 Å². The van der Waals surface area contributed by atoms with Crippen LogP contribution in [-0.4, -0.2) is 22.2 Å². The van der Waals surface area contributed by atoms with Crippen LogP contribution in [0.15, 0.2) is 18.5 Å². The first-order valence-electron chi connectivity index (χ1n) is 3.99. The highest BCUT2D eigenvalue weighted by Crippen LogP contribution is 2.31. The first-order chi connectivity index (χ1) is 6.72. The highest BCUT2D eigenvalue weighted by molar-refractivity contribution is 5.94. The molecule has 0 fully saturated rings. The molecule has 72 valence electrons. The topological polar surface area (TPSA) is 81.3 Å². The monoisotopic (exact) mass is 191 g/mol. The number of phenols is 1. The molecule has 0 saturated carbocycles. The average Bonchev–Trinajstić information content (AvgIpc) is 2.17. The molecule has 0 radical (unpaired) electrons. The smallest absolute Gasteiger partial charge is 0.138 e. The second-order valence-corrected chi connectivity index (χ2v) is 2.80. The lowest BCUT2D eigenvalue weighted by Gasteiger charge is -2.05. The van der Waals surface area contributed by atoms with Crippen LogP contribution in [0.1, 0.15) is 0 Å². The number of fused-ring (bicyclic) bond motifs is 1. The fourth-order valence-corrected chi connectivity index (χ4v) is 1.29. The molecule has 0 bridgehead atoms. The maximum atomic E-state index is 9.62.